The number of hydrogen-bond acceptors (Lipinski definition) is 8. The van der Waals surface area contributed by atoms with Crippen molar-refractivity contribution in [1.82, 2.24) is 4.90 Å². The smallest absolute Gasteiger partial charge is 0.306 e. The van der Waals surface area contributed by atoms with E-state index in [1.165, 1.54) is 127 Å². The van der Waals surface area contributed by atoms with E-state index in [4.69, 9.17) is 9.47 Å². The van der Waals surface area contributed by atoms with Gasteiger partial charge in [-0.3, -0.25) is 9.59 Å². The summed E-state index contributed by atoms with van der Waals surface area (Å²) in [6.07, 6.45) is 29.4. The van der Waals surface area contributed by atoms with E-state index in [2.05, 4.69) is 42.3 Å². The van der Waals surface area contributed by atoms with Gasteiger partial charge in [-0.15, -0.1) is 23.5 Å². The second-order valence-corrected chi connectivity index (χ2v) is 20.3. The Morgan fingerprint density at radius 2 is 1.22 bits per heavy atom. The number of β-amino-alcohol motifs (C(OH)–C–C–N with tert-alkyl or cyclic N) is 1. The van der Waals surface area contributed by atoms with Gasteiger partial charge in [-0.1, -0.05) is 78.1 Å². The van der Waals surface area contributed by atoms with Gasteiger partial charge < -0.3 is 19.5 Å². The lowest BCUT2D eigenvalue weighted by Crippen LogP contribution is -2.47. The summed E-state index contributed by atoms with van der Waals surface area (Å²) in [5.41, 5.74) is 0.224. The normalized spacial score (nSPS) is 25.5. The molecule has 0 unspecified atom stereocenters. The molecule has 4 bridgehead atoms. The van der Waals surface area contributed by atoms with Crippen LogP contribution in [0.15, 0.2) is 0 Å². The van der Waals surface area contributed by atoms with Gasteiger partial charge in [0, 0.05) is 13.0 Å². The molecular weight excluding hydrogens is 675 g/mol. The lowest BCUT2D eigenvalue weighted by atomic mass is 9.49. The standard InChI is InChI=1S/C43H77NO5S2/c1-3-5-7-9-11-13-27-50-41(51-28-14-12-10-8-6-4-2)16-15-39(46)48-25-19-42(17-21-44(22-18-42)23-24-45)20-26-49-40(47)35-43-32-36-29-37(33-43)31-38(30-36)34-43/h36-38,41,45H,3-35H2,1-2H3. The van der Waals surface area contributed by atoms with Crippen LogP contribution >= 0.6 is 23.5 Å². The highest BCUT2D eigenvalue weighted by molar-refractivity contribution is 8.17. The fourth-order valence-corrected chi connectivity index (χ4v) is 13.2. The number of aliphatic hydroxyl groups excluding tert-OH is 1. The number of carbonyl (C=O) groups excluding carboxylic acids is 2. The average molecular weight is 752 g/mol. The highest BCUT2D eigenvalue weighted by atomic mass is 32.2. The topological polar surface area (TPSA) is 76.1 Å². The van der Waals surface area contributed by atoms with Gasteiger partial charge in [-0.25, -0.2) is 0 Å². The van der Waals surface area contributed by atoms with Gasteiger partial charge in [-0.2, -0.15) is 0 Å². The minimum absolute atomic E-state index is 0.00882. The number of piperidine rings is 1. The number of esters is 2. The van der Waals surface area contributed by atoms with E-state index in [0.717, 1.165) is 62.9 Å². The predicted molar refractivity (Wildman–Crippen MR) is 216 cm³/mol. The maximum absolute atomic E-state index is 13.2. The van der Waals surface area contributed by atoms with Gasteiger partial charge in [0.05, 0.1) is 30.8 Å². The molecular formula is C43H77NO5S2. The molecule has 0 aromatic carbocycles. The monoisotopic (exact) mass is 752 g/mol. The molecule has 0 atom stereocenters. The average Bonchev–Trinajstić information content (AvgIpc) is 3.09. The Morgan fingerprint density at radius 1 is 0.725 bits per heavy atom. The summed E-state index contributed by atoms with van der Waals surface area (Å²) in [5, 5.41) is 9.50. The number of likely N-dealkylation sites (tertiary alicyclic amines) is 1. The summed E-state index contributed by atoms with van der Waals surface area (Å²) in [6, 6.07) is 0. The molecule has 0 spiro atoms. The highest BCUT2D eigenvalue weighted by Gasteiger charge is 2.51. The first-order chi connectivity index (χ1) is 24.9. The van der Waals surface area contributed by atoms with E-state index in [1.54, 1.807) is 0 Å². The van der Waals surface area contributed by atoms with Gasteiger partial charge in [0.1, 0.15) is 0 Å². The van der Waals surface area contributed by atoms with E-state index >= 15 is 0 Å². The fraction of sp³-hybridized carbons (Fsp3) is 0.953. The zero-order valence-corrected chi connectivity index (χ0v) is 34.6. The number of carbonyl (C=O) groups is 2. The number of thioether (sulfide) groups is 2. The van der Waals surface area contributed by atoms with Crippen LogP contribution in [0.4, 0.5) is 0 Å². The first-order valence-corrected chi connectivity index (χ1v) is 23.8. The minimum Gasteiger partial charge on any atom is -0.466 e. The van der Waals surface area contributed by atoms with Crippen molar-refractivity contribution in [3.05, 3.63) is 0 Å². The van der Waals surface area contributed by atoms with Crippen LogP contribution in [0.2, 0.25) is 0 Å². The molecule has 4 aliphatic carbocycles. The van der Waals surface area contributed by atoms with Crippen molar-refractivity contribution in [2.75, 3.05) is 51.0 Å². The van der Waals surface area contributed by atoms with Crippen molar-refractivity contribution in [2.24, 2.45) is 28.6 Å². The van der Waals surface area contributed by atoms with Crippen LogP contribution in [0.3, 0.4) is 0 Å². The van der Waals surface area contributed by atoms with Gasteiger partial charge in [-0.05, 0) is 137 Å². The number of hydrogen-bond donors (Lipinski definition) is 1. The van der Waals surface area contributed by atoms with Crippen LogP contribution in [0.25, 0.3) is 0 Å². The van der Waals surface area contributed by atoms with E-state index in [0.29, 0.717) is 37.2 Å². The summed E-state index contributed by atoms with van der Waals surface area (Å²) in [4.78, 5) is 28.6. The second-order valence-electron chi connectivity index (χ2n) is 17.3. The molecule has 5 fully saturated rings. The summed E-state index contributed by atoms with van der Waals surface area (Å²) in [7, 11) is 0. The van der Waals surface area contributed by atoms with E-state index in [9.17, 15) is 14.7 Å². The van der Waals surface area contributed by atoms with Crippen molar-refractivity contribution in [2.45, 2.75) is 179 Å². The van der Waals surface area contributed by atoms with Crippen LogP contribution in [0.1, 0.15) is 174 Å². The molecule has 0 radical (unpaired) electrons. The lowest BCUT2D eigenvalue weighted by Gasteiger charge is -2.56. The molecule has 1 heterocycles. The number of aliphatic hydroxyl groups is 1. The summed E-state index contributed by atoms with van der Waals surface area (Å²) in [6.45, 7) is 8.22. The maximum atomic E-state index is 13.2. The van der Waals surface area contributed by atoms with Crippen molar-refractivity contribution in [3.63, 3.8) is 0 Å². The van der Waals surface area contributed by atoms with E-state index in [-0.39, 0.29) is 29.4 Å². The zero-order chi connectivity index (χ0) is 36.2. The molecule has 6 nitrogen and oxygen atoms in total. The first kappa shape index (κ1) is 43.3. The van der Waals surface area contributed by atoms with Crippen LogP contribution in [-0.4, -0.2) is 77.5 Å². The van der Waals surface area contributed by atoms with Gasteiger partial charge in [0.25, 0.3) is 0 Å². The molecule has 0 amide bonds. The molecule has 296 valence electrons. The van der Waals surface area contributed by atoms with Crippen LogP contribution in [0, 0.1) is 28.6 Å². The fourth-order valence-electron chi connectivity index (χ4n) is 10.4. The van der Waals surface area contributed by atoms with Crippen LogP contribution in [0.5, 0.6) is 0 Å². The third-order valence-electron chi connectivity index (χ3n) is 13.0. The predicted octanol–water partition coefficient (Wildman–Crippen LogP) is 10.8. The summed E-state index contributed by atoms with van der Waals surface area (Å²) in [5.74, 6) is 4.87. The van der Waals surface area contributed by atoms with E-state index in [1.807, 2.05) is 0 Å². The van der Waals surface area contributed by atoms with Crippen LogP contribution in [-0.2, 0) is 19.1 Å². The number of unbranched alkanes of at least 4 members (excludes halogenated alkanes) is 10. The number of nitrogens with zero attached hydrogens (tertiary/aromatic N) is 1. The Hall–Kier alpha value is -0.440. The Balaban J connectivity index is 1.18. The minimum atomic E-state index is -0.0600. The van der Waals surface area contributed by atoms with Gasteiger partial charge in [0.2, 0.25) is 0 Å². The lowest BCUT2D eigenvalue weighted by molar-refractivity contribution is -0.153. The van der Waals surface area contributed by atoms with Crippen LogP contribution < -0.4 is 0 Å². The molecule has 1 saturated heterocycles. The Bertz CT molecular complexity index is 917. The molecule has 5 aliphatic rings. The molecule has 0 aromatic heterocycles. The SMILES string of the molecule is CCCCCCCCSC(CCC(=O)OCCC1(CCOC(=O)CC23CC4CC(CC(C4)C2)C3)CCN(CCO)CC1)SCCCCCCCC. The first-order valence-electron chi connectivity index (χ1n) is 21.7. The van der Waals surface area contributed by atoms with Crippen molar-refractivity contribution in [1.29, 1.82) is 0 Å². The molecule has 1 N–H and O–H groups in total. The highest BCUT2D eigenvalue weighted by Crippen LogP contribution is 2.61. The van der Waals surface area contributed by atoms with Crippen molar-refractivity contribution >= 4 is 35.5 Å². The van der Waals surface area contributed by atoms with E-state index < -0.39 is 0 Å². The third-order valence-corrected chi connectivity index (χ3v) is 16.1. The van der Waals surface area contributed by atoms with Gasteiger partial charge >= 0.3 is 11.9 Å². The largest absolute Gasteiger partial charge is 0.466 e. The third kappa shape index (κ3) is 16.1. The molecule has 0 aromatic rings. The number of rotatable bonds is 29. The number of ether oxygens (including phenoxy) is 2. The maximum Gasteiger partial charge on any atom is 0.306 e. The quantitative estimate of drug-likeness (QED) is 0.0460. The van der Waals surface area contributed by atoms with Crippen molar-refractivity contribution in [3.8, 4) is 0 Å². The summed E-state index contributed by atoms with van der Waals surface area (Å²) < 4.78 is 12.4. The molecule has 8 heteroatoms. The Morgan fingerprint density at radius 3 is 1.73 bits per heavy atom. The Labute approximate surface area is 321 Å². The van der Waals surface area contributed by atoms with Gasteiger partial charge in [0.15, 0.2) is 0 Å². The molecule has 51 heavy (non-hydrogen) atoms. The molecule has 4 saturated carbocycles. The van der Waals surface area contributed by atoms with Crippen molar-refractivity contribution < 1.29 is 24.2 Å². The Kier molecular flexibility index (Phi) is 20.5. The molecule has 5 rings (SSSR count). The second kappa shape index (κ2) is 24.2. The summed E-state index contributed by atoms with van der Waals surface area (Å²) >= 11 is 4.14. The zero-order valence-electron chi connectivity index (χ0n) is 33.0. The molecule has 1 aliphatic heterocycles.